The van der Waals surface area contributed by atoms with Crippen LogP contribution >= 0.6 is 23.4 Å². The van der Waals surface area contributed by atoms with Crippen molar-refractivity contribution in [1.82, 2.24) is 10.3 Å². The molecule has 1 heterocycles. The highest BCUT2D eigenvalue weighted by Gasteiger charge is 2.15. The molecule has 108 valence electrons. The number of aliphatic hydroxyl groups excluding tert-OH is 1. The van der Waals surface area contributed by atoms with Gasteiger partial charge in [0.2, 0.25) is 0 Å². The van der Waals surface area contributed by atoms with Crippen LogP contribution in [-0.4, -0.2) is 40.7 Å². The smallest absolute Gasteiger partial charge is 0.267 e. The number of hydrogen-bond acceptors (Lipinski definition) is 3. The molecular formula is C14H17ClN2O2S. The molecule has 0 bridgehead atoms. The zero-order valence-electron chi connectivity index (χ0n) is 11.1. The standard InChI is InChI=1S/C14H17ClN2O2S/c1-20-8-11(4-5-18)16-14(19)13-6-9-2-3-10(15)7-12(9)17-13/h2-3,6-7,11,17-18H,4-5,8H2,1H3,(H,16,19). The first-order chi connectivity index (χ1) is 9.63. The van der Waals surface area contributed by atoms with Crippen molar-refractivity contribution in [3.63, 3.8) is 0 Å². The van der Waals surface area contributed by atoms with Crippen LogP contribution in [0, 0.1) is 0 Å². The van der Waals surface area contributed by atoms with E-state index in [1.807, 2.05) is 12.3 Å². The van der Waals surface area contributed by atoms with Gasteiger partial charge in [0, 0.05) is 34.3 Å². The molecular weight excluding hydrogens is 296 g/mol. The number of carbonyl (C=O) groups is 1. The number of halogens is 1. The summed E-state index contributed by atoms with van der Waals surface area (Å²) in [6.45, 7) is 0.0633. The van der Waals surface area contributed by atoms with Gasteiger partial charge >= 0.3 is 0 Å². The summed E-state index contributed by atoms with van der Waals surface area (Å²) in [5.74, 6) is 0.614. The molecule has 0 aliphatic heterocycles. The third-order valence-electron chi connectivity index (χ3n) is 3.01. The minimum Gasteiger partial charge on any atom is -0.396 e. The lowest BCUT2D eigenvalue weighted by Gasteiger charge is -2.15. The van der Waals surface area contributed by atoms with E-state index in [2.05, 4.69) is 10.3 Å². The molecule has 0 aliphatic carbocycles. The Labute approximate surface area is 126 Å². The largest absolute Gasteiger partial charge is 0.396 e. The molecule has 0 saturated carbocycles. The van der Waals surface area contributed by atoms with Crippen molar-refractivity contribution in [1.29, 1.82) is 0 Å². The lowest BCUT2D eigenvalue weighted by molar-refractivity contribution is 0.0931. The van der Waals surface area contributed by atoms with E-state index >= 15 is 0 Å². The molecule has 20 heavy (non-hydrogen) atoms. The van der Waals surface area contributed by atoms with Crippen molar-refractivity contribution >= 4 is 40.2 Å². The van der Waals surface area contributed by atoms with E-state index in [0.717, 1.165) is 16.7 Å². The first kappa shape index (κ1) is 15.2. The average molecular weight is 313 g/mol. The van der Waals surface area contributed by atoms with Gasteiger partial charge in [0.1, 0.15) is 5.69 Å². The van der Waals surface area contributed by atoms with Gasteiger partial charge in [-0.2, -0.15) is 11.8 Å². The summed E-state index contributed by atoms with van der Waals surface area (Å²) >= 11 is 7.56. The number of aromatic nitrogens is 1. The van der Waals surface area contributed by atoms with Crippen molar-refractivity contribution in [3.05, 3.63) is 35.0 Å². The Morgan fingerprint density at radius 3 is 3.00 bits per heavy atom. The van der Waals surface area contributed by atoms with E-state index in [9.17, 15) is 4.79 Å². The van der Waals surface area contributed by atoms with Crippen LogP contribution in [0.2, 0.25) is 5.02 Å². The fraction of sp³-hybridized carbons (Fsp3) is 0.357. The van der Waals surface area contributed by atoms with Crippen LogP contribution in [0.5, 0.6) is 0 Å². The summed E-state index contributed by atoms with van der Waals surface area (Å²) in [4.78, 5) is 15.3. The van der Waals surface area contributed by atoms with Crippen molar-refractivity contribution in [2.45, 2.75) is 12.5 Å². The van der Waals surface area contributed by atoms with Gasteiger partial charge in [-0.25, -0.2) is 0 Å². The van der Waals surface area contributed by atoms with Gasteiger partial charge < -0.3 is 15.4 Å². The molecule has 0 spiro atoms. The highest BCUT2D eigenvalue weighted by Crippen LogP contribution is 2.20. The highest BCUT2D eigenvalue weighted by molar-refractivity contribution is 7.98. The number of fused-ring (bicyclic) bond motifs is 1. The van der Waals surface area contributed by atoms with Crippen LogP contribution in [0.3, 0.4) is 0 Å². The monoisotopic (exact) mass is 312 g/mol. The molecule has 0 saturated heterocycles. The zero-order chi connectivity index (χ0) is 14.5. The molecule has 3 N–H and O–H groups in total. The Morgan fingerprint density at radius 1 is 1.50 bits per heavy atom. The fourth-order valence-electron chi connectivity index (χ4n) is 2.04. The van der Waals surface area contributed by atoms with Crippen molar-refractivity contribution in [2.75, 3.05) is 18.6 Å². The number of carbonyl (C=O) groups excluding carboxylic acids is 1. The molecule has 6 heteroatoms. The predicted octanol–water partition coefficient (Wildman–Crippen LogP) is 2.67. The van der Waals surface area contributed by atoms with E-state index in [-0.39, 0.29) is 18.6 Å². The molecule has 1 atom stereocenters. The summed E-state index contributed by atoms with van der Waals surface area (Å²) < 4.78 is 0. The van der Waals surface area contributed by atoms with Crippen molar-refractivity contribution in [2.24, 2.45) is 0 Å². The lowest BCUT2D eigenvalue weighted by atomic mass is 10.2. The summed E-state index contributed by atoms with van der Waals surface area (Å²) in [6.07, 6.45) is 2.53. The number of aromatic amines is 1. The van der Waals surface area contributed by atoms with E-state index < -0.39 is 0 Å². The fourth-order valence-corrected chi connectivity index (χ4v) is 2.86. The predicted molar refractivity (Wildman–Crippen MR) is 84.6 cm³/mol. The zero-order valence-corrected chi connectivity index (χ0v) is 12.7. The number of amides is 1. The number of H-pyrrole nitrogens is 1. The third kappa shape index (κ3) is 3.69. The highest BCUT2D eigenvalue weighted by atomic mass is 35.5. The van der Waals surface area contributed by atoms with Gasteiger partial charge in [0.25, 0.3) is 5.91 Å². The summed E-state index contributed by atoms with van der Waals surface area (Å²) in [5, 5.41) is 13.5. The molecule has 0 fully saturated rings. The van der Waals surface area contributed by atoms with Crippen molar-refractivity contribution < 1.29 is 9.90 Å². The van der Waals surface area contributed by atoms with Crippen LogP contribution in [-0.2, 0) is 0 Å². The van der Waals surface area contributed by atoms with Gasteiger partial charge in [-0.1, -0.05) is 17.7 Å². The summed E-state index contributed by atoms with van der Waals surface area (Å²) in [7, 11) is 0. The number of aliphatic hydroxyl groups is 1. The molecule has 2 rings (SSSR count). The Hall–Kier alpha value is -1.17. The van der Waals surface area contributed by atoms with Gasteiger partial charge in [-0.05, 0) is 30.9 Å². The van der Waals surface area contributed by atoms with E-state index in [4.69, 9.17) is 16.7 Å². The Kier molecular flexibility index (Phi) is 5.34. The van der Waals surface area contributed by atoms with E-state index in [1.165, 1.54) is 0 Å². The molecule has 0 aliphatic rings. The molecule has 1 amide bonds. The molecule has 0 radical (unpaired) electrons. The van der Waals surface area contributed by atoms with Crippen LogP contribution in [0.25, 0.3) is 10.9 Å². The molecule has 2 aromatic rings. The lowest BCUT2D eigenvalue weighted by Crippen LogP contribution is -2.37. The van der Waals surface area contributed by atoms with Crippen LogP contribution < -0.4 is 5.32 Å². The average Bonchev–Trinajstić information content (AvgIpc) is 2.82. The molecule has 4 nitrogen and oxygen atoms in total. The van der Waals surface area contributed by atoms with E-state index in [1.54, 1.807) is 30.0 Å². The van der Waals surface area contributed by atoms with Gasteiger partial charge in [0.15, 0.2) is 0 Å². The second-order valence-electron chi connectivity index (χ2n) is 4.55. The van der Waals surface area contributed by atoms with Crippen LogP contribution in [0.15, 0.2) is 24.3 Å². The summed E-state index contributed by atoms with van der Waals surface area (Å²) in [6, 6.07) is 7.23. The molecule has 1 aromatic carbocycles. The number of nitrogens with one attached hydrogen (secondary N) is 2. The topological polar surface area (TPSA) is 65.1 Å². The Balaban J connectivity index is 2.13. The minimum atomic E-state index is -0.162. The maximum atomic E-state index is 12.2. The van der Waals surface area contributed by atoms with Gasteiger partial charge in [-0.3, -0.25) is 4.79 Å². The van der Waals surface area contributed by atoms with Gasteiger partial charge in [0.05, 0.1) is 0 Å². The maximum absolute atomic E-state index is 12.2. The SMILES string of the molecule is CSCC(CCO)NC(=O)c1cc2ccc(Cl)cc2[nH]1. The maximum Gasteiger partial charge on any atom is 0.267 e. The van der Waals surface area contributed by atoms with Gasteiger partial charge in [-0.15, -0.1) is 0 Å². The number of benzene rings is 1. The first-order valence-electron chi connectivity index (χ1n) is 6.33. The number of rotatable bonds is 6. The number of thioether (sulfide) groups is 1. The van der Waals surface area contributed by atoms with Crippen LogP contribution in [0.4, 0.5) is 0 Å². The van der Waals surface area contributed by atoms with Crippen LogP contribution in [0.1, 0.15) is 16.9 Å². The Morgan fingerprint density at radius 2 is 2.30 bits per heavy atom. The Bertz CT molecular complexity index is 594. The minimum absolute atomic E-state index is 0.0301. The summed E-state index contributed by atoms with van der Waals surface area (Å²) in [5.41, 5.74) is 1.34. The second kappa shape index (κ2) is 7.02. The molecule has 1 aromatic heterocycles. The third-order valence-corrected chi connectivity index (χ3v) is 3.98. The second-order valence-corrected chi connectivity index (χ2v) is 5.90. The molecule has 1 unspecified atom stereocenters. The number of hydrogen-bond donors (Lipinski definition) is 3. The first-order valence-corrected chi connectivity index (χ1v) is 8.10. The van der Waals surface area contributed by atoms with Crippen molar-refractivity contribution in [3.8, 4) is 0 Å². The quantitative estimate of drug-likeness (QED) is 0.768. The van der Waals surface area contributed by atoms with E-state index in [0.29, 0.717) is 17.1 Å². The normalized spacial score (nSPS) is 12.6.